The maximum absolute atomic E-state index is 13.5. The van der Waals surface area contributed by atoms with Crippen molar-refractivity contribution >= 4 is 0 Å². The first kappa shape index (κ1) is 14.6. The Labute approximate surface area is 117 Å². The van der Waals surface area contributed by atoms with E-state index in [9.17, 15) is 8.78 Å². The fraction of sp³-hybridized carbons (Fsp3) is 0.250. The molecule has 2 rings (SSSR count). The highest BCUT2D eigenvalue weighted by molar-refractivity contribution is 5.31. The fourth-order valence-electron chi connectivity index (χ4n) is 2.32. The molecule has 2 aromatic rings. The van der Waals surface area contributed by atoms with Gasteiger partial charge in [0.25, 0.3) is 0 Å². The lowest BCUT2D eigenvalue weighted by molar-refractivity contribution is 0.540. The molecule has 1 atom stereocenters. The van der Waals surface area contributed by atoms with Crippen molar-refractivity contribution < 1.29 is 8.78 Å². The minimum absolute atomic E-state index is 0.259. The molecule has 0 heterocycles. The molecule has 0 aliphatic carbocycles. The molecular formula is C16H18F2N2. The van der Waals surface area contributed by atoms with Crippen LogP contribution in [0.15, 0.2) is 36.4 Å². The van der Waals surface area contributed by atoms with Crippen LogP contribution in [0.25, 0.3) is 0 Å². The maximum Gasteiger partial charge on any atom is 0.123 e. The van der Waals surface area contributed by atoms with Crippen LogP contribution in [0.3, 0.4) is 0 Å². The van der Waals surface area contributed by atoms with Crippen molar-refractivity contribution in [3.63, 3.8) is 0 Å². The summed E-state index contributed by atoms with van der Waals surface area (Å²) in [5.41, 5.74) is 6.11. The van der Waals surface area contributed by atoms with Crippen LogP contribution >= 0.6 is 0 Å². The molecule has 2 nitrogen and oxygen atoms in total. The van der Waals surface area contributed by atoms with Gasteiger partial charge in [0.15, 0.2) is 0 Å². The summed E-state index contributed by atoms with van der Waals surface area (Å²) < 4.78 is 26.8. The number of benzene rings is 2. The van der Waals surface area contributed by atoms with Gasteiger partial charge in [-0.15, -0.1) is 0 Å². The van der Waals surface area contributed by atoms with Crippen LogP contribution in [0.5, 0.6) is 0 Å². The summed E-state index contributed by atoms with van der Waals surface area (Å²) in [5.74, 6) is 5.00. The number of hydrazine groups is 1. The van der Waals surface area contributed by atoms with Crippen LogP contribution in [-0.2, 0) is 6.42 Å². The molecule has 0 saturated heterocycles. The van der Waals surface area contributed by atoms with Gasteiger partial charge in [-0.25, -0.2) is 8.78 Å². The van der Waals surface area contributed by atoms with Gasteiger partial charge in [-0.1, -0.05) is 12.1 Å². The molecule has 4 heteroatoms. The van der Waals surface area contributed by atoms with E-state index < -0.39 is 0 Å². The Bertz CT molecular complexity index is 591. The van der Waals surface area contributed by atoms with Gasteiger partial charge in [-0.3, -0.25) is 11.3 Å². The molecule has 0 spiro atoms. The molecule has 0 fully saturated rings. The molecule has 0 aromatic heterocycles. The first-order valence-electron chi connectivity index (χ1n) is 6.48. The molecule has 0 amide bonds. The lowest BCUT2D eigenvalue weighted by Crippen LogP contribution is -2.30. The summed E-state index contributed by atoms with van der Waals surface area (Å²) in [6.45, 7) is 3.74. The Morgan fingerprint density at radius 2 is 1.80 bits per heavy atom. The van der Waals surface area contributed by atoms with Crippen molar-refractivity contribution in [2.75, 3.05) is 0 Å². The normalized spacial score (nSPS) is 12.4. The third-order valence-corrected chi connectivity index (χ3v) is 3.40. The van der Waals surface area contributed by atoms with Gasteiger partial charge in [-0.05, 0) is 66.8 Å². The van der Waals surface area contributed by atoms with Crippen molar-refractivity contribution in [1.82, 2.24) is 5.43 Å². The van der Waals surface area contributed by atoms with Gasteiger partial charge < -0.3 is 0 Å². The topological polar surface area (TPSA) is 38.0 Å². The summed E-state index contributed by atoms with van der Waals surface area (Å²) >= 11 is 0. The Kier molecular flexibility index (Phi) is 4.47. The summed E-state index contributed by atoms with van der Waals surface area (Å²) in [4.78, 5) is 0. The number of aryl methyl sites for hydroxylation is 2. The molecule has 0 saturated carbocycles. The van der Waals surface area contributed by atoms with Crippen molar-refractivity contribution in [2.24, 2.45) is 5.84 Å². The van der Waals surface area contributed by atoms with Gasteiger partial charge in [0, 0.05) is 0 Å². The quantitative estimate of drug-likeness (QED) is 0.664. The van der Waals surface area contributed by atoms with Crippen molar-refractivity contribution in [3.8, 4) is 0 Å². The van der Waals surface area contributed by atoms with E-state index in [2.05, 4.69) is 5.43 Å². The SMILES string of the molecule is Cc1cc(F)cc(C(Cc2cc(F)ccc2C)NN)c1. The lowest BCUT2D eigenvalue weighted by Gasteiger charge is -2.18. The predicted molar refractivity (Wildman–Crippen MR) is 76.0 cm³/mol. The van der Waals surface area contributed by atoms with Crippen LogP contribution in [0.4, 0.5) is 8.78 Å². The molecule has 0 radical (unpaired) electrons. The number of nitrogens with one attached hydrogen (secondary N) is 1. The number of hydrogen-bond donors (Lipinski definition) is 2. The van der Waals surface area contributed by atoms with E-state index >= 15 is 0 Å². The van der Waals surface area contributed by atoms with E-state index in [1.807, 2.05) is 19.9 Å². The standard InChI is InChI=1S/C16H18F2N2/c1-10-5-13(8-15(18)6-10)16(20-19)9-12-7-14(17)4-3-11(12)2/h3-8,16,20H,9,19H2,1-2H3. The van der Waals surface area contributed by atoms with Gasteiger partial charge in [0.1, 0.15) is 11.6 Å². The molecule has 20 heavy (non-hydrogen) atoms. The number of hydrogen-bond acceptors (Lipinski definition) is 2. The van der Waals surface area contributed by atoms with Gasteiger partial charge in [-0.2, -0.15) is 0 Å². The Morgan fingerprint density at radius 3 is 2.45 bits per heavy atom. The van der Waals surface area contributed by atoms with Crippen LogP contribution < -0.4 is 11.3 Å². The van der Waals surface area contributed by atoms with Crippen molar-refractivity contribution in [2.45, 2.75) is 26.3 Å². The van der Waals surface area contributed by atoms with Crippen molar-refractivity contribution in [1.29, 1.82) is 0 Å². The molecule has 106 valence electrons. The van der Waals surface area contributed by atoms with E-state index in [-0.39, 0.29) is 17.7 Å². The zero-order valence-corrected chi connectivity index (χ0v) is 11.6. The second-order valence-corrected chi connectivity index (χ2v) is 5.06. The summed E-state index contributed by atoms with van der Waals surface area (Å²) in [7, 11) is 0. The molecule has 0 aliphatic rings. The third kappa shape index (κ3) is 3.40. The largest absolute Gasteiger partial charge is 0.271 e. The highest BCUT2D eigenvalue weighted by Crippen LogP contribution is 2.22. The second-order valence-electron chi connectivity index (χ2n) is 5.06. The highest BCUT2D eigenvalue weighted by Gasteiger charge is 2.14. The average Bonchev–Trinajstić information content (AvgIpc) is 2.38. The van der Waals surface area contributed by atoms with E-state index in [1.165, 1.54) is 24.3 Å². The predicted octanol–water partition coefficient (Wildman–Crippen LogP) is 3.33. The minimum atomic E-state index is -0.295. The monoisotopic (exact) mass is 276 g/mol. The smallest absolute Gasteiger partial charge is 0.123 e. The first-order valence-corrected chi connectivity index (χ1v) is 6.48. The second kappa shape index (κ2) is 6.11. The molecule has 0 bridgehead atoms. The molecule has 1 unspecified atom stereocenters. The molecule has 0 aliphatic heterocycles. The van der Waals surface area contributed by atoms with E-state index in [1.54, 1.807) is 6.07 Å². The van der Waals surface area contributed by atoms with Crippen molar-refractivity contribution in [3.05, 3.63) is 70.3 Å². The van der Waals surface area contributed by atoms with E-state index in [0.717, 1.165) is 22.3 Å². The van der Waals surface area contributed by atoms with Crippen LogP contribution in [0.2, 0.25) is 0 Å². The Balaban J connectivity index is 2.30. The first-order chi connectivity index (χ1) is 9.49. The number of nitrogens with two attached hydrogens (primary N) is 1. The summed E-state index contributed by atoms with van der Waals surface area (Å²) in [6.07, 6.45) is 0.503. The average molecular weight is 276 g/mol. The zero-order chi connectivity index (χ0) is 14.7. The molecular weight excluding hydrogens is 258 g/mol. The maximum atomic E-state index is 13.5. The van der Waals surface area contributed by atoms with E-state index in [4.69, 9.17) is 5.84 Å². The molecule has 2 aromatic carbocycles. The fourth-order valence-corrected chi connectivity index (χ4v) is 2.32. The van der Waals surface area contributed by atoms with Crippen LogP contribution in [0.1, 0.15) is 28.3 Å². The van der Waals surface area contributed by atoms with Gasteiger partial charge >= 0.3 is 0 Å². The Morgan fingerprint density at radius 1 is 1.05 bits per heavy atom. The van der Waals surface area contributed by atoms with Gasteiger partial charge in [0.2, 0.25) is 0 Å². The Hall–Kier alpha value is -1.78. The number of rotatable bonds is 4. The van der Waals surface area contributed by atoms with Gasteiger partial charge in [0.05, 0.1) is 6.04 Å². The van der Waals surface area contributed by atoms with Crippen LogP contribution in [-0.4, -0.2) is 0 Å². The lowest BCUT2D eigenvalue weighted by atomic mass is 9.95. The summed E-state index contributed by atoms with van der Waals surface area (Å²) in [5, 5.41) is 0. The molecule has 3 N–H and O–H groups in total. The highest BCUT2D eigenvalue weighted by atomic mass is 19.1. The zero-order valence-electron chi connectivity index (χ0n) is 11.6. The third-order valence-electron chi connectivity index (χ3n) is 3.40. The van der Waals surface area contributed by atoms with E-state index in [0.29, 0.717) is 6.42 Å². The minimum Gasteiger partial charge on any atom is -0.271 e. The van der Waals surface area contributed by atoms with Crippen LogP contribution in [0, 0.1) is 25.5 Å². The summed E-state index contributed by atoms with van der Waals surface area (Å²) in [6, 6.07) is 9.18. The number of halogens is 2.